The Morgan fingerprint density at radius 2 is 1.65 bits per heavy atom. The molecule has 1 heterocycles. The first-order chi connectivity index (χ1) is 11.1. The molecule has 0 radical (unpaired) electrons. The molecule has 2 aromatic rings. The standard InChI is InChI=1S/C17H19N3O3/c21-17-8-4-3-7-16(17)19-11-9-18(10-12-19)13-14-5-1-2-6-15(14)20(22)23/h1-8,21H,9-13H2. The first-order valence-corrected chi connectivity index (χ1v) is 7.63. The zero-order valence-corrected chi connectivity index (χ0v) is 12.8. The molecule has 0 aromatic heterocycles. The van der Waals surface area contributed by atoms with Crippen LogP contribution in [-0.4, -0.2) is 41.1 Å². The number of anilines is 1. The van der Waals surface area contributed by atoms with Crippen LogP contribution in [0.15, 0.2) is 48.5 Å². The molecule has 0 spiro atoms. The lowest BCUT2D eigenvalue weighted by molar-refractivity contribution is -0.385. The average Bonchev–Trinajstić information content (AvgIpc) is 2.56. The molecule has 0 amide bonds. The fourth-order valence-electron chi connectivity index (χ4n) is 2.94. The molecule has 0 atom stereocenters. The van der Waals surface area contributed by atoms with E-state index in [0.717, 1.165) is 37.4 Å². The Morgan fingerprint density at radius 3 is 2.35 bits per heavy atom. The van der Waals surface area contributed by atoms with Crippen LogP contribution in [-0.2, 0) is 6.54 Å². The van der Waals surface area contributed by atoms with Crippen LogP contribution in [0.25, 0.3) is 0 Å². The van der Waals surface area contributed by atoms with Gasteiger partial charge in [-0.1, -0.05) is 30.3 Å². The van der Waals surface area contributed by atoms with E-state index < -0.39 is 0 Å². The van der Waals surface area contributed by atoms with Gasteiger partial charge >= 0.3 is 0 Å². The van der Waals surface area contributed by atoms with Crippen LogP contribution < -0.4 is 4.90 Å². The van der Waals surface area contributed by atoms with Gasteiger partial charge in [0.1, 0.15) is 5.75 Å². The molecule has 1 saturated heterocycles. The van der Waals surface area contributed by atoms with Crippen molar-refractivity contribution >= 4 is 11.4 Å². The maximum absolute atomic E-state index is 11.1. The van der Waals surface area contributed by atoms with E-state index in [2.05, 4.69) is 9.80 Å². The van der Waals surface area contributed by atoms with Crippen molar-refractivity contribution in [3.8, 4) is 5.75 Å². The molecule has 1 aliphatic rings. The Hall–Kier alpha value is -2.60. The topological polar surface area (TPSA) is 69.9 Å². The number of rotatable bonds is 4. The van der Waals surface area contributed by atoms with Gasteiger partial charge in [0.05, 0.1) is 10.6 Å². The first-order valence-electron chi connectivity index (χ1n) is 7.63. The lowest BCUT2D eigenvalue weighted by Crippen LogP contribution is -2.46. The minimum Gasteiger partial charge on any atom is -0.506 e. The number of nitrogens with zero attached hydrogens (tertiary/aromatic N) is 3. The second kappa shape index (κ2) is 6.66. The summed E-state index contributed by atoms with van der Waals surface area (Å²) in [6, 6.07) is 14.2. The van der Waals surface area contributed by atoms with E-state index in [0.29, 0.717) is 12.3 Å². The van der Waals surface area contributed by atoms with E-state index >= 15 is 0 Å². The monoisotopic (exact) mass is 313 g/mol. The zero-order valence-electron chi connectivity index (χ0n) is 12.8. The van der Waals surface area contributed by atoms with Crippen LogP contribution in [0.1, 0.15) is 5.56 Å². The molecule has 6 heteroatoms. The average molecular weight is 313 g/mol. The van der Waals surface area contributed by atoms with Gasteiger partial charge in [0.2, 0.25) is 0 Å². The molecule has 0 bridgehead atoms. The SMILES string of the molecule is O=[N+]([O-])c1ccccc1CN1CCN(c2ccccc2O)CC1. The third-order valence-corrected chi connectivity index (χ3v) is 4.18. The Bertz CT molecular complexity index is 697. The highest BCUT2D eigenvalue weighted by Gasteiger charge is 2.21. The molecule has 1 aliphatic heterocycles. The third-order valence-electron chi connectivity index (χ3n) is 4.18. The number of hydrogen-bond acceptors (Lipinski definition) is 5. The normalized spacial score (nSPS) is 15.6. The van der Waals surface area contributed by atoms with Crippen molar-refractivity contribution in [1.82, 2.24) is 4.90 Å². The van der Waals surface area contributed by atoms with Crippen molar-refractivity contribution in [2.45, 2.75) is 6.54 Å². The second-order valence-corrected chi connectivity index (χ2v) is 5.64. The lowest BCUT2D eigenvalue weighted by atomic mass is 10.1. The fourth-order valence-corrected chi connectivity index (χ4v) is 2.94. The highest BCUT2D eigenvalue weighted by molar-refractivity contribution is 5.57. The van der Waals surface area contributed by atoms with Crippen molar-refractivity contribution in [1.29, 1.82) is 0 Å². The highest BCUT2D eigenvalue weighted by Crippen LogP contribution is 2.28. The van der Waals surface area contributed by atoms with Gasteiger partial charge in [-0.05, 0) is 12.1 Å². The summed E-state index contributed by atoms with van der Waals surface area (Å²) in [4.78, 5) is 15.1. The van der Waals surface area contributed by atoms with Crippen molar-refractivity contribution in [2.24, 2.45) is 0 Å². The smallest absolute Gasteiger partial charge is 0.273 e. The summed E-state index contributed by atoms with van der Waals surface area (Å²) in [6.45, 7) is 3.77. The summed E-state index contributed by atoms with van der Waals surface area (Å²) in [5.74, 6) is 0.291. The van der Waals surface area contributed by atoms with Gasteiger partial charge in [-0.3, -0.25) is 15.0 Å². The molecular weight excluding hydrogens is 294 g/mol. The van der Waals surface area contributed by atoms with Gasteiger partial charge in [0.15, 0.2) is 0 Å². The van der Waals surface area contributed by atoms with Gasteiger partial charge in [-0.25, -0.2) is 0 Å². The quantitative estimate of drug-likeness (QED) is 0.694. The molecule has 3 rings (SSSR count). The number of nitro benzene ring substituents is 1. The zero-order chi connectivity index (χ0) is 16.2. The summed E-state index contributed by atoms with van der Waals surface area (Å²) in [6.07, 6.45) is 0. The van der Waals surface area contributed by atoms with E-state index in [1.807, 2.05) is 30.3 Å². The first kappa shape index (κ1) is 15.3. The Balaban J connectivity index is 1.64. The van der Waals surface area contributed by atoms with Crippen molar-refractivity contribution in [2.75, 3.05) is 31.1 Å². The molecule has 0 saturated carbocycles. The Labute approximate surface area is 134 Å². The van der Waals surface area contributed by atoms with Crippen LogP contribution in [0.3, 0.4) is 0 Å². The molecule has 23 heavy (non-hydrogen) atoms. The fraction of sp³-hybridized carbons (Fsp3) is 0.294. The van der Waals surface area contributed by atoms with Gasteiger partial charge in [0.25, 0.3) is 5.69 Å². The van der Waals surface area contributed by atoms with Crippen LogP contribution in [0.4, 0.5) is 11.4 Å². The number of benzene rings is 2. The van der Waals surface area contributed by atoms with Crippen LogP contribution >= 0.6 is 0 Å². The lowest BCUT2D eigenvalue weighted by Gasteiger charge is -2.36. The van der Waals surface area contributed by atoms with Crippen LogP contribution in [0.5, 0.6) is 5.75 Å². The van der Waals surface area contributed by atoms with E-state index in [1.54, 1.807) is 18.2 Å². The molecular formula is C17H19N3O3. The van der Waals surface area contributed by atoms with Gasteiger partial charge in [0, 0.05) is 44.4 Å². The Kier molecular flexibility index (Phi) is 4.43. The van der Waals surface area contributed by atoms with Crippen LogP contribution in [0, 0.1) is 10.1 Å². The van der Waals surface area contributed by atoms with E-state index in [1.165, 1.54) is 0 Å². The number of nitro groups is 1. The maximum Gasteiger partial charge on any atom is 0.273 e. The number of aromatic hydroxyl groups is 1. The number of phenols is 1. The predicted molar refractivity (Wildman–Crippen MR) is 88.7 cm³/mol. The number of para-hydroxylation sites is 3. The van der Waals surface area contributed by atoms with Crippen molar-refractivity contribution in [3.05, 3.63) is 64.2 Å². The molecule has 120 valence electrons. The van der Waals surface area contributed by atoms with Gasteiger partial charge in [-0.2, -0.15) is 0 Å². The van der Waals surface area contributed by atoms with Gasteiger partial charge < -0.3 is 10.0 Å². The summed E-state index contributed by atoms with van der Waals surface area (Å²) >= 11 is 0. The second-order valence-electron chi connectivity index (χ2n) is 5.64. The van der Waals surface area contributed by atoms with Crippen molar-refractivity contribution in [3.63, 3.8) is 0 Å². The van der Waals surface area contributed by atoms with E-state index in [9.17, 15) is 15.2 Å². The third kappa shape index (κ3) is 3.43. The Morgan fingerprint density at radius 1 is 1.00 bits per heavy atom. The predicted octanol–water partition coefficient (Wildman–Crippen LogP) is 2.62. The maximum atomic E-state index is 11.1. The number of hydrogen-bond donors (Lipinski definition) is 1. The van der Waals surface area contributed by atoms with Gasteiger partial charge in [-0.15, -0.1) is 0 Å². The molecule has 0 aliphatic carbocycles. The molecule has 1 fully saturated rings. The molecule has 1 N–H and O–H groups in total. The molecule has 0 unspecified atom stereocenters. The highest BCUT2D eigenvalue weighted by atomic mass is 16.6. The summed E-state index contributed by atoms with van der Waals surface area (Å²) in [5, 5.41) is 21.0. The number of phenolic OH excluding ortho intramolecular Hbond substituents is 1. The molecule has 6 nitrogen and oxygen atoms in total. The summed E-state index contributed by atoms with van der Waals surface area (Å²) in [7, 11) is 0. The van der Waals surface area contributed by atoms with E-state index in [-0.39, 0.29) is 10.6 Å². The number of piperazine rings is 1. The minimum absolute atomic E-state index is 0.177. The minimum atomic E-state index is -0.326. The summed E-state index contributed by atoms with van der Waals surface area (Å²) < 4.78 is 0. The largest absolute Gasteiger partial charge is 0.506 e. The van der Waals surface area contributed by atoms with Crippen LogP contribution in [0.2, 0.25) is 0 Å². The van der Waals surface area contributed by atoms with E-state index in [4.69, 9.17) is 0 Å². The molecule has 2 aromatic carbocycles. The van der Waals surface area contributed by atoms with Crippen molar-refractivity contribution < 1.29 is 10.0 Å². The summed E-state index contributed by atoms with van der Waals surface area (Å²) in [5.41, 5.74) is 1.77.